The molecular formula is C15H17ClO2. The number of fused-ring (bicyclic) bond motifs is 1. The van der Waals surface area contributed by atoms with Gasteiger partial charge in [0.15, 0.2) is 5.58 Å². The molecule has 2 nitrogen and oxygen atoms in total. The molecule has 0 radical (unpaired) electrons. The third kappa shape index (κ3) is 1.94. The molecule has 1 heterocycles. The number of hydrogen-bond acceptors (Lipinski definition) is 2. The van der Waals surface area contributed by atoms with Gasteiger partial charge in [0.05, 0.1) is 5.02 Å². The predicted octanol–water partition coefficient (Wildman–Crippen LogP) is 4.48. The van der Waals surface area contributed by atoms with E-state index < -0.39 is 5.60 Å². The van der Waals surface area contributed by atoms with E-state index in [0.29, 0.717) is 22.3 Å². The van der Waals surface area contributed by atoms with Crippen molar-refractivity contribution in [3.63, 3.8) is 0 Å². The van der Waals surface area contributed by atoms with Crippen LogP contribution in [0.5, 0.6) is 0 Å². The Hall–Kier alpha value is -0.990. The lowest BCUT2D eigenvalue weighted by atomic mass is 9.78. The molecule has 0 saturated heterocycles. The fourth-order valence-electron chi connectivity index (χ4n) is 2.74. The van der Waals surface area contributed by atoms with Crippen LogP contribution >= 0.6 is 11.6 Å². The Kier molecular flexibility index (Phi) is 2.87. The molecule has 0 aliphatic heterocycles. The van der Waals surface area contributed by atoms with Crippen LogP contribution in [0, 0.1) is 5.92 Å². The Balaban J connectivity index is 2.01. The zero-order chi connectivity index (χ0) is 12.8. The van der Waals surface area contributed by atoms with Crippen molar-refractivity contribution in [2.45, 2.75) is 38.2 Å². The van der Waals surface area contributed by atoms with Crippen LogP contribution in [0.4, 0.5) is 0 Å². The van der Waals surface area contributed by atoms with Crippen LogP contribution in [0.2, 0.25) is 5.02 Å². The minimum absolute atomic E-state index is 0.603. The number of aliphatic hydroxyl groups is 1. The Morgan fingerprint density at radius 1 is 1.33 bits per heavy atom. The maximum Gasteiger partial charge on any atom is 0.153 e. The lowest BCUT2D eigenvalue weighted by Crippen LogP contribution is -2.30. The van der Waals surface area contributed by atoms with Gasteiger partial charge in [0, 0.05) is 5.39 Å². The summed E-state index contributed by atoms with van der Waals surface area (Å²) in [4.78, 5) is 0. The zero-order valence-electron chi connectivity index (χ0n) is 10.4. The van der Waals surface area contributed by atoms with Crippen LogP contribution in [-0.4, -0.2) is 5.11 Å². The van der Waals surface area contributed by atoms with Crippen LogP contribution in [0.15, 0.2) is 28.7 Å². The minimum atomic E-state index is -0.811. The van der Waals surface area contributed by atoms with Gasteiger partial charge in [-0.3, -0.25) is 0 Å². The van der Waals surface area contributed by atoms with Crippen molar-refractivity contribution in [1.82, 2.24) is 0 Å². The third-order valence-electron chi connectivity index (χ3n) is 4.06. The smallest absolute Gasteiger partial charge is 0.153 e. The van der Waals surface area contributed by atoms with E-state index in [1.54, 1.807) is 0 Å². The number of rotatable bonds is 1. The highest BCUT2D eigenvalue weighted by Gasteiger charge is 2.36. The molecule has 18 heavy (non-hydrogen) atoms. The number of furan rings is 1. The minimum Gasteiger partial charge on any atom is -0.456 e. The molecule has 1 saturated carbocycles. The molecule has 1 aromatic carbocycles. The van der Waals surface area contributed by atoms with Gasteiger partial charge in [0.25, 0.3) is 0 Å². The first kappa shape index (κ1) is 12.1. The predicted molar refractivity (Wildman–Crippen MR) is 72.8 cm³/mol. The summed E-state index contributed by atoms with van der Waals surface area (Å²) in [5.74, 6) is 1.36. The SMILES string of the molecule is CC1CCC(O)(c2cc3cccc(Cl)c3o2)CC1. The number of benzene rings is 1. The molecule has 1 aliphatic rings. The molecule has 0 amide bonds. The Bertz CT molecular complexity index is 565. The van der Waals surface area contributed by atoms with Gasteiger partial charge in [0.1, 0.15) is 11.4 Å². The third-order valence-corrected chi connectivity index (χ3v) is 4.35. The molecule has 0 bridgehead atoms. The van der Waals surface area contributed by atoms with Crippen molar-refractivity contribution in [3.8, 4) is 0 Å². The van der Waals surface area contributed by atoms with Crippen molar-refractivity contribution in [2.24, 2.45) is 5.92 Å². The molecule has 1 aliphatic carbocycles. The first-order valence-electron chi connectivity index (χ1n) is 6.49. The van der Waals surface area contributed by atoms with Gasteiger partial charge in [-0.1, -0.05) is 30.7 Å². The summed E-state index contributed by atoms with van der Waals surface area (Å²) in [5.41, 5.74) is -0.129. The summed E-state index contributed by atoms with van der Waals surface area (Å²) in [7, 11) is 0. The number of para-hydroxylation sites is 1. The van der Waals surface area contributed by atoms with E-state index >= 15 is 0 Å². The van der Waals surface area contributed by atoms with E-state index in [-0.39, 0.29) is 0 Å². The molecular weight excluding hydrogens is 248 g/mol. The first-order valence-corrected chi connectivity index (χ1v) is 6.87. The van der Waals surface area contributed by atoms with Gasteiger partial charge in [0.2, 0.25) is 0 Å². The number of halogens is 1. The largest absolute Gasteiger partial charge is 0.456 e. The van der Waals surface area contributed by atoms with E-state index in [1.807, 2.05) is 24.3 Å². The fraction of sp³-hybridized carbons (Fsp3) is 0.467. The molecule has 1 fully saturated rings. The maximum absolute atomic E-state index is 10.7. The van der Waals surface area contributed by atoms with Crippen LogP contribution in [0.1, 0.15) is 38.4 Å². The van der Waals surface area contributed by atoms with Crippen LogP contribution in [0.3, 0.4) is 0 Å². The normalized spacial score (nSPS) is 28.7. The summed E-state index contributed by atoms with van der Waals surface area (Å²) in [6.07, 6.45) is 3.62. The van der Waals surface area contributed by atoms with Crippen molar-refractivity contribution in [3.05, 3.63) is 35.0 Å². The zero-order valence-corrected chi connectivity index (χ0v) is 11.2. The van der Waals surface area contributed by atoms with E-state index in [9.17, 15) is 5.11 Å². The van der Waals surface area contributed by atoms with Crippen LogP contribution in [0.25, 0.3) is 11.0 Å². The highest BCUT2D eigenvalue weighted by molar-refractivity contribution is 6.34. The molecule has 1 N–H and O–H groups in total. The molecule has 3 rings (SSSR count). The van der Waals surface area contributed by atoms with Gasteiger partial charge >= 0.3 is 0 Å². The highest BCUT2D eigenvalue weighted by Crippen LogP contribution is 2.42. The average Bonchev–Trinajstić information content (AvgIpc) is 2.79. The molecule has 0 spiro atoms. The number of hydrogen-bond donors (Lipinski definition) is 1. The van der Waals surface area contributed by atoms with Gasteiger partial charge in [-0.2, -0.15) is 0 Å². The van der Waals surface area contributed by atoms with E-state index in [4.69, 9.17) is 16.0 Å². The Labute approximate surface area is 112 Å². The quantitative estimate of drug-likeness (QED) is 0.824. The van der Waals surface area contributed by atoms with Crippen molar-refractivity contribution >= 4 is 22.6 Å². The van der Waals surface area contributed by atoms with Gasteiger partial charge in [-0.05, 0) is 43.7 Å². The van der Waals surface area contributed by atoms with Crippen LogP contribution in [-0.2, 0) is 5.60 Å². The Morgan fingerprint density at radius 3 is 2.72 bits per heavy atom. The summed E-state index contributed by atoms with van der Waals surface area (Å²) >= 11 is 6.10. The molecule has 96 valence electrons. The second kappa shape index (κ2) is 4.29. The summed E-state index contributed by atoms with van der Waals surface area (Å²) in [6.45, 7) is 2.23. The van der Waals surface area contributed by atoms with E-state index in [2.05, 4.69) is 6.92 Å². The molecule has 1 aromatic heterocycles. The molecule has 2 aromatic rings. The van der Waals surface area contributed by atoms with E-state index in [0.717, 1.165) is 31.1 Å². The summed E-state index contributed by atoms with van der Waals surface area (Å²) in [6, 6.07) is 7.60. The second-order valence-electron chi connectivity index (χ2n) is 5.48. The standard InChI is InChI=1S/C15H17ClO2/c1-10-5-7-15(17,8-6-10)13-9-11-3-2-4-12(16)14(11)18-13/h2-4,9-10,17H,5-8H2,1H3. The average molecular weight is 265 g/mol. The molecule has 0 atom stereocenters. The van der Waals surface area contributed by atoms with Crippen molar-refractivity contribution < 1.29 is 9.52 Å². The van der Waals surface area contributed by atoms with Crippen molar-refractivity contribution in [1.29, 1.82) is 0 Å². The lowest BCUT2D eigenvalue weighted by Gasteiger charge is -2.33. The highest BCUT2D eigenvalue weighted by atomic mass is 35.5. The van der Waals surface area contributed by atoms with Crippen LogP contribution < -0.4 is 0 Å². The van der Waals surface area contributed by atoms with Crippen molar-refractivity contribution in [2.75, 3.05) is 0 Å². The van der Waals surface area contributed by atoms with Gasteiger partial charge in [-0.25, -0.2) is 0 Å². The van der Waals surface area contributed by atoms with Gasteiger partial charge in [-0.15, -0.1) is 0 Å². The van der Waals surface area contributed by atoms with Gasteiger partial charge < -0.3 is 9.52 Å². The second-order valence-corrected chi connectivity index (χ2v) is 5.89. The summed E-state index contributed by atoms with van der Waals surface area (Å²) < 4.78 is 5.79. The molecule has 0 unspecified atom stereocenters. The Morgan fingerprint density at radius 2 is 2.06 bits per heavy atom. The summed E-state index contributed by atoms with van der Waals surface area (Å²) in [5, 5.41) is 12.3. The molecule has 3 heteroatoms. The monoisotopic (exact) mass is 264 g/mol. The van der Waals surface area contributed by atoms with E-state index in [1.165, 1.54) is 0 Å². The fourth-order valence-corrected chi connectivity index (χ4v) is 2.96. The first-order chi connectivity index (χ1) is 8.58. The maximum atomic E-state index is 10.7. The topological polar surface area (TPSA) is 33.4 Å². The lowest BCUT2D eigenvalue weighted by molar-refractivity contribution is -0.0289.